The Labute approximate surface area is 115 Å². The van der Waals surface area contributed by atoms with E-state index < -0.39 is 0 Å². The number of nitrogens with zero attached hydrogens (tertiary/aromatic N) is 1. The second-order valence-electron chi connectivity index (χ2n) is 5.65. The summed E-state index contributed by atoms with van der Waals surface area (Å²) in [6, 6.07) is 8.50. The van der Waals surface area contributed by atoms with Crippen molar-refractivity contribution in [1.82, 2.24) is 10.3 Å². The van der Waals surface area contributed by atoms with E-state index in [9.17, 15) is 0 Å². The molecule has 0 amide bonds. The Morgan fingerprint density at radius 1 is 1.05 bits per heavy atom. The molecular weight excluding hydrogens is 232 g/mol. The van der Waals surface area contributed by atoms with Crippen LogP contribution in [0.1, 0.15) is 37.7 Å². The standard InChI is InChI=1S/C17H22N2/c1-2-6-14(7-3-1)10-18-12-16-13-19-11-15-8-4-5-9-17(15)16/h4-5,8-9,11,13-14,18H,1-3,6-7,10,12H2. The molecule has 1 aromatic heterocycles. The summed E-state index contributed by atoms with van der Waals surface area (Å²) in [5.41, 5.74) is 1.31. The molecule has 1 heterocycles. The van der Waals surface area contributed by atoms with Gasteiger partial charge in [-0.1, -0.05) is 43.5 Å². The van der Waals surface area contributed by atoms with E-state index in [0.29, 0.717) is 0 Å². The van der Waals surface area contributed by atoms with Crippen LogP contribution in [-0.4, -0.2) is 11.5 Å². The number of nitrogens with one attached hydrogen (secondary N) is 1. The minimum absolute atomic E-state index is 0.886. The summed E-state index contributed by atoms with van der Waals surface area (Å²) in [6.45, 7) is 2.09. The fraction of sp³-hybridized carbons (Fsp3) is 0.471. The molecule has 1 aliphatic rings. The van der Waals surface area contributed by atoms with E-state index >= 15 is 0 Å². The molecule has 100 valence electrons. The monoisotopic (exact) mass is 254 g/mol. The molecule has 3 rings (SSSR count). The van der Waals surface area contributed by atoms with Crippen LogP contribution in [-0.2, 0) is 6.54 Å². The number of rotatable bonds is 4. The number of fused-ring (bicyclic) bond motifs is 1. The second kappa shape index (κ2) is 6.16. The summed E-state index contributed by atoms with van der Waals surface area (Å²) >= 11 is 0. The molecular formula is C17H22N2. The highest BCUT2D eigenvalue weighted by molar-refractivity contribution is 5.84. The average Bonchev–Trinajstić information content (AvgIpc) is 2.49. The summed E-state index contributed by atoms with van der Waals surface area (Å²) in [6.07, 6.45) is 11.0. The van der Waals surface area contributed by atoms with E-state index in [1.54, 1.807) is 0 Å². The first-order chi connectivity index (χ1) is 9.43. The van der Waals surface area contributed by atoms with Gasteiger partial charge in [0.05, 0.1) is 0 Å². The summed E-state index contributed by atoms with van der Waals surface area (Å²) in [5.74, 6) is 0.886. The average molecular weight is 254 g/mol. The van der Waals surface area contributed by atoms with Gasteiger partial charge in [0.2, 0.25) is 0 Å². The molecule has 1 aliphatic carbocycles. The van der Waals surface area contributed by atoms with E-state index in [0.717, 1.165) is 19.0 Å². The zero-order valence-corrected chi connectivity index (χ0v) is 11.4. The zero-order chi connectivity index (χ0) is 12.9. The van der Waals surface area contributed by atoms with Gasteiger partial charge in [-0.15, -0.1) is 0 Å². The molecule has 0 radical (unpaired) electrons. The number of benzene rings is 1. The predicted octanol–water partition coefficient (Wildman–Crippen LogP) is 3.90. The molecule has 0 unspecified atom stereocenters. The minimum atomic E-state index is 0.886. The second-order valence-corrected chi connectivity index (χ2v) is 5.65. The van der Waals surface area contributed by atoms with Crippen molar-refractivity contribution in [2.75, 3.05) is 6.54 Å². The normalized spacial score (nSPS) is 16.8. The van der Waals surface area contributed by atoms with E-state index in [1.807, 2.05) is 12.4 Å². The third-order valence-corrected chi connectivity index (χ3v) is 4.22. The largest absolute Gasteiger partial charge is 0.312 e. The SMILES string of the molecule is c1ccc2c(CNCC3CCCCC3)cncc2c1. The van der Waals surface area contributed by atoms with Gasteiger partial charge in [0.1, 0.15) is 0 Å². The molecule has 19 heavy (non-hydrogen) atoms. The van der Waals surface area contributed by atoms with Crippen LogP contribution in [0, 0.1) is 5.92 Å². The van der Waals surface area contributed by atoms with Crippen molar-refractivity contribution < 1.29 is 0 Å². The molecule has 0 spiro atoms. The van der Waals surface area contributed by atoms with Gasteiger partial charge in [0, 0.05) is 24.3 Å². The topological polar surface area (TPSA) is 24.9 Å². The Morgan fingerprint density at radius 3 is 2.79 bits per heavy atom. The van der Waals surface area contributed by atoms with Crippen molar-refractivity contribution in [3.63, 3.8) is 0 Å². The van der Waals surface area contributed by atoms with E-state index in [2.05, 4.69) is 34.6 Å². The van der Waals surface area contributed by atoms with Crippen LogP contribution in [0.4, 0.5) is 0 Å². The van der Waals surface area contributed by atoms with Crippen molar-refractivity contribution in [2.24, 2.45) is 5.92 Å². The molecule has 2 nitrogen and oxygen atoms in total. The summed E-state index contributed by atoms with van der Waals surface area (Å²) in [4.78, 5) is 4.34. The van der Waals surface area contributed by atoms with Gasteiger partial charge in [-0.2, -0.15) is 0 Å². The molecule has 1 saturated carbocycles. The first-order valence-electron chi connectivity index (χ1n) is 7.46. The van der Waals surface area contributed by atoms with Gasteiger partial charge in [0.15, 0.2) is 0 Å². The van der Waals surface area contributed by atoms with Crippen LogP contribution >= 0.6 is 0 Å². The first-order valence-corrected chi connectivity index (χ1v) is 7.46. The Bertz CT molecular complexity index is 524. The Hall–Kier alpha value is -1.41. The van der Waals surface area contributed by atoms with E-state index in [-0.39, 0.29) is 0 Å². The first kappa shape index (κ1) is 12.6. The van der Waals surface area contributed by atoms with E-state index in [4.69, 9.17) is 0 Å². The maximum atomic E-state index is 4.34. The van der Waals surface area contributed by atoms with Gasteiger partial charge in [-0.05, 0) is 36.3 Å². The number of hydrogen-bond acceptors (Lipinski definition) is 2. The van der Waals surface area contributed by atoms with Crippen molar-refractivity contribution in [3.8, 4) is 0 Å². The molecule has 2 heteroatoms. The van der Waals surface area contributed by atoms with Gasteiger partial charge in [-0.3, -0.25) is 4.98 Å². The number of aromatic nitrogens is 1. The van der Waals surface area contributed by atoms with Crippen molar-refractivity contribution >= 4 is 10.8 Å². The maximum Gasteiger partial charge on any atom is 0.0346 e. The lowest BCUT2D eigenvalue weighted by molar-refractivity contribution is 0.342. The Balaban J connectivity index is 1.62. The van der Waals surface area contributed by atoms with Crippen LogP contribution in [0.2, 0.25) is 0 Å². The molecule has 0 aliphatic heterocycles. The van der Waals surface area contributed by atoms with Gasteiger partial charge in [0.25, 0.3) is 0 Å². The predicted molar refractivity (Wildman–Crippen MR) is 80.0 cm³/mol. The molecule has 1 aromatic carbocycles. The smallest absolute Gasteiger partial charge is 0.0346 e. The highest BCUT2D eigenvalue weighted by atomic mass is 14.9. The molecule has 2 aromatic rings. The van der Waals surface area contributed by atoms with Crippen LogP contribution in [0.5, 0.6) is 0 Å². The fourth-order valence-corrected chi connectivity index (χ4v) is 3.12. The van der Waals surface area contributed by atoms with Crippen molar-refractivity contribution in [1.29, 1.82) is 0 Å². The van der Waals surface area contributed by atoms with Gasteiger partial charge >= 0.3 is 0 Å². The maximum absolute atomic E-state index is 4.34. The third-order valence-electron chi connectivity index (χ3n) is 4.22. The minimum Gasteiger partial charge on any atom is -0.312 e. The summed E-state index contributed by atoms with van der Waals surface area (Å²) in [7, 11) is 0. The molecule has 1 fully saturated rings. The van der Waals surface area contributed by atoms with Gasteiger partial charge in [-0.25, -0.2) is 0 Å². The quantitative estimate of drug-likeness (QED) is 0.895. The number of pyridine rings is 1. The molecule has 0 saturated heterocycles. The van der Waals surface area contributed by atoms with Crippen LogP contribution < -0.4 is 5.32 Å². The Morgan fingerprint density at radius 2 is 1.89 bits per heavy atom. The fourth-order valence-electron chi connectivity index (χ4n) is 3.12. The van der Waals surface area contributed by atoms with Crippen molar-refractivity contribution in [3.05, 3.63) is 42.2 Å². The van der Waals surface area contributed by atoms with Crippen LogP contribution in [0.15, 0.2) is 36.7 Å². The van der Waals surface area contributed by atoms with E-state index in [1.165, 1.54) is 48.4 Å². The molecule has 0 atom stereocenters. The van der Waals surface area contributed by atoms with Crippen molar-refractivity contribution in [2.45, 2.75) is 38.6 Å². The van der Waals surface area contributed by atoms with Gasteiger partial charge < -0.3 is 5.32 Å². The number of hydrogen-bond donors (Lipinski definition) is 1. The summed E-state index contributed by atoms with van der Waals surface area (Å²) in [5, 5.41) is 6.19. The highest BCUT2D eigenvalue weighted by Crippen LogP contribution is 2.23. The Kier molecular flexibility index (Phi) is 4.09. The van der Waals surface area contributed by atoms with Crippen LogP contribution in [0.25, 0.3) is 10.8 Å². The zero-order valence-electron chi connectivity index (χ0n) is 11.4. The molecule has 1 N–H and O–H groups in total. The summed E-state index contributed by atoms with van der Waals surface area (Å²) < 4.78 is 0. The van der Waals surface area contributed by atoms with Crippen LogP contribution in [0.3, 0.4) is 0 Å². The lowest BCUT2D eigenvalue weighted by Gasteiger charge is -2.21. The third kappa shape index (κ3) is 3.13. The lowest BCUT2D eigenvalue weighted by Crippen LogP contribution is -2.24. The molecule has 0 bridgehead atoms. The lowest BCUT2D eigenvalue weighted by atomic mass is 9.89. The highest BCUT2D eigenvalue weighted by Gasteiger charge is 2.12.